The van der Waals surface area contributed by atoms with E-state index >= 15 is 0 Å². The molecule has 0 unspecified atom stereocenters. The Bertz CT molecular complexity index is 560. The van der Waals surface area contributed by atoms with Crippen LogP contribution in [0.5, 0.6) is 11.5 Å². The largest absolute Gasteiger partial charge is 0.496 e. The molecule has 2 amide bonds. The van der Waals surface area contributed by atoms with Gasteiger partial charge in [-0.15, -0.1) is 0 Å². The summed E-state index contributed by atoms with van der Waals surface area (Å²) in [4.78, 5) is 23.7. The fourth-order valence-electron chi connectivity index (χ4n) is 2.51. The Hall–Kier alpha value is -2.24. The summed E-state index contributed by atoms with van der Waals surface area (Å²) in [5.41, 5.74) is 0.457. The average Bonchev–Trinajstić information content (AvgIpc) is 2.57. The lowest BCUT2D eigenvalue weighted by Gasteiger charge is -2.23. The molecule has 6 heteroatoms. The highest BCUT2D eigenvalue weighted by Gasteiger charge is 2.20. The summed E-state index contributed by atoms with van der Waals surface area (Å²) < 4.78 is 10.8. The Morgan fingerprint density at radius 2 is 2.26 bits per heavy atom. The second kappa shape index (κ2) is 8.41. The third-order valence-corrected chi connectivity index (χ3v) is 3.72. The number of carbonyl (C=O) groups excluding carboxylic acids is 2. The van der Waals surface area contributed by atoms with E-state index in [0.717, 1.165) is 19.3 Å². The van der Waals surface area contributed by atoms with E-state index in [0.29, 0.717) is 36.6 Å². The normalized spacial score (nSPS) is 17.3. The average molecular weight is 320 g/mol. The number of hydrogen-bond donors (Lipinski definition) is 2. The molecule has 2 N–H and O–H groups in total. The van der Waals surface area contributed by atoms with E-state index in [1.54, 1.807) is 18.2 Å². The molecular formula is C17H24N2O4. The third kappa shape index (κ3) is 4.87. The summed E-state index contributed by atoms with van der Waals surface area (Å²) in [6.07, 6.45) is 3.22. The lowest BCUT2D eigenvalue weighted by molar-refractivity contribution is -0.123. The minimum Gasteiger partial charge on any atom is -0.496 e. The molecule has 1 heterocycles. The standard InChI is InChI=1S/C17H24N2O4/c1-3-9-23-13-7-8-14(15(10-13)22-2)17(21)18-11-12-5-4-6-16(20)19-12/h7-8,10,12H,3-6,9,11H2,1-2H3,(H,18,21)(H,19,20)/t12-/m1/s1. The van der Waals surface area contributed by atoms with Crippen molar-refractivity contribution in [2.75, 3.05) is 20.3 Å². The van der Waals surface area contributed by atoms with Crippen LogP contribution in [-0.4, -0.2) is 38.1 Å². The van der Waals surface area contributed by atoms with Gasteiger partial charge in [0.1, 0.15) is 11.5 Å². The van der Waals surface area contributed by atoms with E-state index < -0.39 is 0 Å². The first-order chi connectivity index (χ1) is 11.1. The van der Waals surface area contributed by atoms with Crippen LogP contribution in [0.25, 0.3) is 0 Å². The van der Waals surface area contributed by atoms with Gasteiger partial charge in [0.2, 0.25) is 5.91 Å². The van der Waals surface area contributed by atoms with Crippen LogP contribution in [0.1, 0.15) is 43.0 Å². The number of carbonyl (C=O) groups is 2. The Morgan fingerprint density at radius 1 is 1.43 bits per heavy atom. The molecule has 0 aliphatic carbocycles. The van der Waals surface area contributed by atoms with Crippen molar-refractivity contribution in [3.05, 3.63) is 23.8 Å². The highest BCUT2D eigenvalue weighted by molar-refractivity contribution is 5.97. The maximum Gasteiger partial charge on any atom is 0.255 e. The number of nitrogens with one attached hydrogen (secondary N) is 2. The van der Waals surface area contributed by atoms with Crippen LogP contribution in [0.2, 0.25) is 0 Å². The zero-order valence-corrected chi connectivity index (χ0v) is 13.7. The molecule has 0 spiro atoms. The number of rotatable bonds is 7. The van der Waals surface area contributed by atoms with Crippen molar-refractivity contribution in [1.82, 2.24) is 10.6 Å². The molecule has 0 saturated carbocycles. The van der Waals surface area contributed by atoms with Gasteiger partial charge in [-0.2, -0.15) is 0 Å². The quantitative estimate of drug-likeness (QED) is 0.804. The van der Waals surface area contributed by atoms with Crippen LogP contribution in [0.15, 0.2) is 18.2 Å². The maximum absolute atomic E-state index is 12.3. The number of ether oxygens (including phenoxy) is 2. The van der Waals surface area contributed by atoms with E-state index in [2.05, 4.69) is 10.6 Å². The molecule has 23 heavy (non-hydrogen) atoms. The van der Waals surface area contributed by atoms with Crippen molar-refractivity contribution >= 4 is 11.8 Å². The second-order valence-corrected chi connectivity index (χ2v) is 5.58. The molecule has 0 aromatic heterocycles. The Morgan fingerprint density at radius 3 is 2.96 bits per heavy atom. The van der Waals surface area contributed by atoms with Gasteiger partial charge in [-0.3, -0.25) is 9.59 Å². The van der Waals surface area contributed by atoms with Crippen molar-refractivity contribution in [2.24, 2.45) is 0 Å². The number of piperidine rings is 1. The molecule has 126 valence electrons. The van der Waals surface area contributed by atoms with E-state index in [4.69, 9.17) is 9.47 Å². The summed E-state index contributed by atoms with van der Waals surface area (Å²) in [7, 11) is 1.52. The summed E-state index contributed by atoms with van der Waals surface area (Å²) in [5.74, 6) is 0.984. The number of methoxy groups -OCH3 is 1. The van der Waals surface area contributed by atoms with Crippen molar-refractivity contribution in [2.45, 2.75) is 38.6 Å². The Labute approximate surface area is 136 Å². The smallest absolute Gasteiger partial charge is 0.255 e. The second-order valence-electron chi connectivity index (χ2n) is 5.58. The predicted octanol–water partition coefficient (Wildman–Crippen LogP) is 1.88. The minimum absolute atomic E-state index is 0.00152. The van der Waals surface area contributed by atoms with E-state index in [9.17, 15) is 9.59 Å². The van der Waals surface area contributed by atoms with Gasteiger partial charge in [0.05, 0.1) is 19.3 Å². The molecule has 2 rings (SSSR count). The molecule has 1 aliphatic rings. The van der Waals surface area contributed by atoms with Crippen molar-refractivity contribution in [3.8, 4) is 11.5 Å². The first-order valence-electron chi connectivity index (χ1n) is 8.02. The molecule has 1 saturated heterocycles. The van der Waals surface area contributed by atoms with Crippen LogP contribution < -0.4 is 20.1 Å². The predicted molar refractivity (Wildman–Crippen MR) is 86.9 cm³/mol. The monoisotopic (exact) mass is 320 g/mol. The van der Waals surface area contributed by atoms with Gasteiger partial charge in [0.25, 0.3) is 5.91 Å². The minimum atomic E-state index is -0.219. The van der Waals surface area contributed by atoms with Crippen LogP contribution in [0.3, 0.4) is 0 Å². The molecule has 1 aliphatic heterocycles. The fraction of sp³-hybridized carbons (Fsp3) is 0.529. The Kier molecular flexibility index (Phi) is 6.26. The number of amides is 2. The van der Waals surface area contributed by atoms with Crippen LogP contribution in [0.4, 0.5) is 0 Å². The zero-order chi connectivity index (χ0) is 16.7. The van der Waals surface area contributed by atoms with Gasteiger partial charge in [-0.25, -0.2) is 0 Å². The fourth-order valence-corrected chi connectivity index (χ4v) is 2.51. The zero-order valence-electron chi connectivity index (χ0n) is 13.7. The molecular weight excluding hydrogens is 296 g/mol. The van der Waals surface area contributed by atoms with Gasteiger partial charge in [0.15, 0.2) is 0 Å². The molecule has 6 nitrogen and oxygen atoms in total. The summed E-state index contributed by atoms with van der Waals surface area (Å²) >= 11 is 0. The molecule has 1 aromatic rings. The lowest BCUT2D eigenvalue weighted by Crippen LogP contribution is -2.46. The van der Waals surface area contributed by atoms with Gasteiger partial charge in [-0.1, -0.05) is 6.92 Å². The van der Waals surface area contributed by atoms with Crippen LogP contribution in [0, 0.1) is 0 Å². The number of benzene rings is 1. The summed E-state index contributed by atoms with van der Waals surface area (Å²) in [5, 5.41) is 5.73. The maximum atomic E-state index is 12.3. The van der Waals surface area contributed by atoms with Gasteiger partial charge < -0.3 is 20.1 Å². The SMILES string of the molecule is CCCOc1ccc(C(=O)NC[C@H]2CCCC(=O)N2)c(OC)c1. The molecule has 1 aromatic carbocycles. The van der Waals surface area contributed by atoms with Gasteiger partial charge >= 0.3 is 0 Å². The van der Waals surface area contributed by atoms with Crippen molar-refractivity contribution < 1.29 is 19.1 Å². The topological polar surface area (TPSA) is 76.7 Å². The molecule has 0 radical (unpaired) electrons. The van der Waals surface area contributed by atoms with Crippen molar-refractivity contribution in [3.63, 3.8) is 0 Å². The van der Waals surface area contributed by atoms with E-state index in [-0.39, 0.29) is 17.9 Å². The lowest BCUT2D eigenvalue weighted by atomic mass is 10.0. The van der Waals surface area contributed by atoms with Gasteiger partial charge in [0, 0.05) is 25.1 Å². The highest BCUT2D eigenvalue weighted by Crippen LogP contribution is 2.25. The molecule has 1 fully saturated rings. The third-order valence-electron chi connectivity index (χ3n) is 3.72. The van der Waals surface area contributed by atoms with Crippen LogP contribution in [-0.2, 0) is 4.79 Å². The Balaban J connectivity index is 1.96. The number of hydrogen-bond acceptors (Lipinski definition) is 4. The van der Waals surface area contributed by atoms with Crippen molar-refractivity contribution in [1.29, 1.82) is 0 Å². The molecule has 1 atom stereocenters. The van der Waals surface area contributed by atoms with Crippen LogP contribution >= 0.6 is 0 Å². The van der Waals surface area contributed by atoms with E-state index in [1.807, 2.05) is 6.92 Å². The first-order valence-corrected chi connectivity index (χ1v) is 8.02. The van der Waals surface area contributed by atoms with Gasteiger partial charge in [-0.05, 0) is 31.4 Å². The molecule has 0 bridgehead atoms. The summed E-state index contributed by atoms with van der Waals surface area (Å²) in [6, 6.07) is 5.17. The summed E-state index contributed by atoms with van der Waals surface area (Å²) in [6.45, 7) is 3.07. The van der Waals surface area contributed by atoms with E-state index in [1.165, 1.54) is 7.11 Å². The highest BCUT2D eigenvalue weighted by atomic mass is 16.5. The first kappa shape index (κ1) is 17.1.